The van der Waals surface area contributed by atoms with Gasteiger partial charge in [0.05, 0.1) is 24.3 Å². The molecule has 1 amide bonds. The van der Waals surface area contributed by atoms with Crippen molar-refractivity contribution in [2.75, 3.05) is 31.1 Å². The minimum absolute atomic E-state index is 0.0168. The Kier molecular flexibility index (Phi) is 3.86. The Morgan fingerprint density at radius 2 is 1.96 bits per heavy atom. The molecule has 0 unspecified atom stereocenters. The average Bonchev–Trinajstić information content (AvgIpc) is 3.06. The van der Waals surface area contributed by atoms with Crippen LogP contribution < -0.4 is 4.90 Å². The van der Waals surface area contributed by atoms with E-state index < -0.39 is 5.82 Å². The SMILES string of the molecule is O=C(c1ccccc1F)N1C[C@@H]2OCCN(c3ncccn3)[C@H]2C1. The summed E-state index contributed by atoms with van der Waals surface area (Å²) in [6, 6.07) is 7.81. The number of halogens is 1. The van der Waals surface area contributed by atoms with E-state index in [-0.39, 0.29) is 23.6 Å². The molecule has 0 saturated carbocycles. The number of ether oxygens (including phenoxy) is 1. The van der Waals surface area contributed by atoms with Gasteiger partial charge in [0.1, 0.15) is 5.82 Å². The smallest absolute Gasteiger partial charge is 0.256 e. The summed E-state index contributed by atoms with van der Waals surface area (Å²) >= 11 is 0. The minimum atomic E-state index is -0.499. The molecule has 1 aromatic heterocycles. The molecule has 0 N–H and O–H groups in total. The normalized spacial score (nSPS) is 23.2. The number of nitrogens with zero attached hydrogens (tertiary/aromatic N) is 4. The fourth-order valence-electron chi connectivity index (χ4n) is 3.35. The summed E-state index contributed by atoms with van der Waals surface area (Å²) in [5, 5.41) is 0. The summed E-state index contributed by atoms with van der Waals surface area (Å²) in [4.78, 5) is 25.0. The van der Waals surface area contributed by atoms with Gasteiger partial charge in [-0.2, -0.15) is 0 Å². The lowest BCUT2D eigenvalue weighted by Crippen LogP contribution is -2.51. The van der Waals surface area contributed by atoms with Crippen molar-refractivity contribution in [1.82, 2.24) is 14.9 Å². The first-order valence-corrected chi connectivity index (χ1v) is 7.93. The van der Waals surface area contributed by atoms with Crippen LogP contribution in [0.15, 0.2) is 42.7 Å². The summed E-state index contributed by atoms with van der Waals surface area (Å²) in [6.07, 6.45) is 3.28. The third kappa shape index (κ3) is 2.60. The van der Waals surface area contributed by atoms with E-state index >= 15 is 0 Å². The molecule has 2 aliphatic rings. The maximum Gasteiger partial charge on any atom is 0.256 e. The fraction of sp³-hybridized carbons (Fsp3) is 0.353. The summed E-state index contributed by atoms with van der Waals surface area (Å²) in [5.41, 5.74) is 0.0960. The van der Waals surface area contributed by atoms with Gasteiger partial charge in [-0.05, 0) is 18.2 Å². The topological polar surface area (TPSA) is 58.6 Å². The molecule has 0 aliphatic carbocycles. The number of fused-ring (bicyclic) bond motifs is 1. The second kappa shape index (κ2) is 6.16. The van der Waals surface area contributed by atoms with Crippen molar-refractivity contribution in [3.05, 3.63) is 54.1 Å². The van der Waals surface area contributed by atoms with Crippen molar-refractivity contribution in [2.24, 2.45) is 0 Å². The van der Waals surface area contributed by atoms with Crippen molar-refractivity contribution in [3.8, 4) is 0 Å². The lowest BCUT2D eigenvalue weighted by Gasteiger charge is -2.36. The van der Waals surface area contributed by atoms with Crippen molar-refractivity contribution in [3.63, 3.8) is 0 Å². The summed E-state index contributed by atoms with van der Waals surface area (Å²) in [7, 11) is 0. The molecule has 2 aromatic rings. The largest absolute Gasteiger partial charge is 0.372 e. The molecule has 7 heteroatoms. The number of rotatable bonds is 2. The Balaban J connectivity index is 1.56. The standard InChI is InChI=1S/C17H17FN4O2/c18-13-5-2-1-4-12(13)16(23)21-10-14-15(11-21)24-9-8-22(14)17-19-6-3-7-20-17/h1-7,14-15H,8-11H2/t14-,15-/m0/s1. The molecular formula is C17H17FN4O2. The van der Waals surface area contributed by atoms with Gasteiger partial charge >= 0.3 is 0 Å². The van der Waals surface area contributed by atoms with Gasteiger partial charge in [-0.15, -0.1) is 0 Å². The molecule has 1 aromatic carbocycles. The van der Waals surface area contributed by atoms with Crippen LogP contribution in [0.2, 0.25) is 0 Å². The van der Waals surface area contributed by atoms with E-state index in [9.17, 15) is 9.18 Å². The number of hydrogen-bond acceptors (Lipinski definition) is 5. The molecular weight excluding hydrogens is 311 g/mol. The van der Waals surface area contributed by atoms with E-state index in [0.29, 0.717) is 32.2 Å². The van der Waals surface area contributed by atoms with E-state index in [2.05, 4.69) is 14.9 Å². The molecule has 4 rings (SSSR count). The minimum Gasteiger partial charge on any atom is -0.372 e. The molecule has 2 saturated heterocycles. The van der Waals surface area contributed by atoms with Crippen LogP contribution >= 0.6 is 0 Å². The molecule has 2 fully saturated rings. The van der Waals surface area contributed by atoms with E-state index in [0.717, 1.165) is 0 Å². The Bertz CT molecular complexity index is 742. The van der Waals surface area contributed by atoms with Crippen molar-refractivity contribution in [1.29, 1.82) is 0 Å². The van der Waals surface area contributed by atoms with E-state index in [4.69, 9.17) is 4.74 Å². The zero-order chi connectivity index (χ0) is 16.5. The van der Waals surface area contributed by atoms with E-state index in [1.165, 1.54) is 12.1 Å². The van der Waals surface area contributed by atoms with Crippen LogP contribution in [0.3, 0.4) is 0 Å². The first kappa shape index (κ1) is 15.0. The van der Waals surface area contributed by atoms with E-state index in [1.807, 2.05) is 0 Å². The maximum absolute atomic E-state index is 13.9. The molecule has 0 bridgehead atoms. The van der Waals surface area contributed by atoms with Crippen LogP contribution in [-0.4, -0.2) is 59.2 Å². The monoisotopic (exact) mass is 328 g/mol. The van der Waals surface area contributed by atoms with Crippen LogP contribution in [0, 0.1) is 5.82 Å². The predicted octanol–water partition coefficient (Wildman–Crippen LogP) is 1.35. The number of carbonyl (C=O) groups excluding carboxylic acids is 1. The number of carbonyl (C=O) groups is 1. The number of morpholine rings is 1. The predicted molar refractivity (Wildman–Crippen MR) is 85.2 cm³/mol. The molecule has 24 heavy (non-hydrogen) atoms. The summed E-state index contributed by atoms with van der Waals surface area (Å²) in [5.74, 6) is -0.169. The van der Waals surface area contributed by atoms with Crippen LogP contribution in [0.1, 0.15) is 10.4 Å². The number of anilines is 1. The first-order chi connectivity index (χ1) is 11.7. The van der Waals surface area contributed by atoms with Gasteiger partial charge in [-0.25, -0.2) is 14.4 Å². The zero-order valence-corrected chi connectivity index (χ0v) is 13.0. The summed E-state index contributed by atoms with van der Waals surface area (Å²) < 4.78 is 19.7. The molecule has 0 spiro atoms. The Hall–Kier alpha value is -2.54. The molecule has 2 aliphatic heterocycles. The Morgan fingerprint density at radius 3 is 2.75 bits per heavy atom. The van der Waals surface area contributed by atoms with Gasteiger partial charge in [0.15, 0.2) is 0 Å². The van der Waals surface area contributed by atoms with Crippen molar-refractivity contribution >= 4 is 11.9 Å². The van der Waals surface area contributed by atoms with Gasteiger partial charge < -0.3 is 14.5 Å². The molecule has 124 valence electrons. The quantitative estimate of drug-likeness (QED) is 0.833. The Morgan fingerprint density at radius 1 is 1.17 bits per heavy atom. The van der Waals surface area contributed by atoms with Gasteiger partial charge in [0.25, 0.3) is 5.91 Å². The fourth-order valence-corrected chi connectivity index (χ4v) is 3.35. The number of likely N-dealkylation sites (tertiary alicyclic amines) is 1. The van der Waals surface area contributed by atoms with Gasteiger partial charge in [0.2, 0.25) is 5.95 Å². The van der Waals surface area contributed by atoms with Crippen LogP contribution in [-0.2, 0) is 4.74 Å². The first-order valence-electron chi connectivity index (χ1n) is 7.93. The highest BCUT2D eigenvalue weighted by atomic mass is 19.1. The summed E-state index contributed by atoms with van der Waals surface area (Å²) in [6.45, 7) is 2.14. The van der Waals surface area contributed by atoms with Crippen molar-refractivity contribution < 1.29 is 13.9 Å². The lowest BCUT2D eigenvalue weighted by atomic mass is 10.1. The second-order valence-corrected chi connectivity index (χ2v) is 5.91. The molecule has 0 radical (unpaired) electrons. The van der Waals surface area contributed by atoms with Crippen LogP contribution in [0.4, 0.5) is 10.3 Å². The van der Waals surface area contributed by atoms with E-state index in [1.54, 1.807) is 35.5 Å². The second-order valence-electron chi connectivity index (χ2n) is 5.91. The Labute approximate surface area is 138 Å². The highest BCUT2D eigenvalue weighted by molar-refractivity contribution is 5.94. The molecule has 3 heterocycles. The van der Waals surface area contributed by atoms with Gasteiger partial charge in [0, 0.05) is 32.0 Å². The molecule has 2 atom stereocenters. The maximum atomic E-state index is 13.9. The van der Waals surface area contributed by atoms with Crippen molar-refractivity contribution in [2.45, 2.75) is 12.1 Å². The van der Waals surface area contributed by atoms with Crippen LogP contribution in [0.25, 0.3) is 0 Å². The molecule has 6 nitrogen and oxygen atoms in total. The third-order valence-corrected chi connectivity index (χ3v) is 4.50. The lowest BCUT2D eigenvalue weighted by molar-refractivity contribution is 0.0296. The third-order valence-electron chi connectivity index (χ3n) is 4.50. The van der Waals surface area contributed by atoms with Gasteiger partial charge in [-0.3, -0.25) is 4.79 Å². The zero-order valence-electron chi connectivity index (χ0n) is 13.0. The average molecular weight is 328 g/mol. The number of amides is 1. The number of benzene rings is 1. The number of hydrogen-bond donors (Lipinski definition) is 0. The highest BCUT2D eigenvalue weighted by Gasteiger charge is 2.43. The van der Waals surface area contributed by atoms with Crippen LogP contribution in [0.5, 0.6) is 0 Å². The van der Waals surface area contributed by atoms with Gasteiger partial charge in [-0.1, -0.05) is 12.1 Å². The number of aromatic nitrogens is 2. The highest BCUT2D eigenvalue weighted by Crippen LogP contribution is 2.27.